The van der Waals surface area contributed by atoms with E-state index in [0.717, 1.165) is 18.4 Å². The molecule has 0 aliphatic carbocycles. The van der Waals surface area contributed by atoms with Crippen molar-refractivity contribution in [1.29, 1.82) is 0 Å². The van der Waals surface area contributed by atoms with Crippen molar-refractivity contribution in [2.24, 2.45) is 5.73 Å². The van der Waals surface area contributed by atoms with Gasteiger partial charge in [-0.05, 0) is 35.7 Å². The van der Waals surface area contributed by atoms with Crippen LogP contribution in [-0.4, -0.2) is 36.0 Å². The predicted octanol–water partition coefficient (Wildman–Crippen LogP) is 2.16. The van der Waals surface area contributed by atoms with Crippen LogP contribution in [0.3, 0.4) is 0 Å². The van der Waals surface area contributed by atoms with E-state index >= 15 is 0 Å². The minimum Gasteiger partial charge on any atom is -0.367 e. The van der Waals surface area contributed by atoms with Crippen LogP contribution in [0.25, 0.3) is 0 Å². The summed E-state index contributed by atoms with van der Waals surface area (Å²) in [4.78, 5) is 14.2. The molecule has 3 atom stereocenters. The van der Waals surface area contributed by atoms with Gasteiger partial charge in [0.2, 0.25) is 5.91 Å². The van der Waals surface area contributed by atoms with Crippen LogP contribution >= 0.6 is 11.3 Å². The second-order valence-corrected chi connectivity index (χ2v) is 5.91. The van der Waals surface area contributed by atoms with Gasteiger partial charge >= 0.3 is 0 Å². The first-order valence-electron chi connectivity index (χ1n) is 6.83. The SMILES string of the molecule is CCCC(N)C(=O)N1CC(C)OC(c2ccsc2)C1. The molecule has 19 heavy (non-hydrogen) atoms. The Morgan fingerprint density at radius 1 is 1.63 bits per heavy atom. The molecule has 4 nitrogen and oxygen atoms in total. The van der Waals surface area contributed by atoms with E-state index < -0.39 is 0 Å². The van der Waals surface area contributed by atoms with E-state index in [4.69, 9.17) is 10.5 Å². The lowest BCUT2D eigenvalue weighted by Gasteiger charge is -2.37. The van der Waals surface area contributed by atoms with Crippen molar-refractivity contribution in [3.05, 3.63) is 22.4 Å². The normalized spacial score (nSPS) is 25.3. The number of morpholine rings is 1. The summed E-state index contributed by atoms with van der Waals surface area (Å²) < 4.78 is 5.92. The lowest BCUT2D eigenvalue weighted by atomic mass is 10.1. The fraction of sp³-hybridized carbons (Fsp3) is 0.643. The highest BCUT2D eigenvalue weighted by Gasteiger charge is 2.31. The van der Waals surface area contributed by atoms with Crippen molar-refractivity contribution in [3.8, 4) is 0 Å². The Labute approximate surface area is 118 Å². The van der Waals surface area contributed by atoms with Crippen molar-refractivity contribution in [2.45, 2.75) is 44.9 Å². The van der Waals surface area contributed by atoms with Crippen LogP contribution in [0.2, 0.25) is 0 Å². The monoisotopic (exact) mass is 282 g/mol. The maximum Gasteiger partial charge on any atom is 0.239 e. The van der Waals surface area contributed by atoms with Gasteiger partial charge in [0.25, 0.3) is 0 Å². The Bertz CT molecular complexity index is 408. The van der Waals surface area contributed by atoms with Crippen molar-refractivity contribution in [3.63, 3.8) is 0 Å². The molecule has 106 valence electrons. The molecule has 0 saturated carbocycles. The minimum atomic E-state index is -0.376. The van der Waals surface area contributed by atoms with Crippen molar-refractivity contribution in [1.82, 2.24) is 4.90 Å². The highest BCUT2D eigenvalue weighted by atomic mass is 32.1. The number of thiophene rings is 1. The van der Waals surface area contributed by atoms with E-state index in [-0.39, 0.29) is 24.2 Å². The molecule has 1 saturated heterocycles. The summed E-state index contributed by atoms with van der Waals surface area (Å²) in [6, 6.07) is 1.68. The first-order chi connectivity index (χ1) is 9.11. The van der Waals surface area contributed by atoms with E-state index in [0.29, 0.717) is 13.1 Å². The Kier molecular flexibility index (Phi) is 4.96. The van der Waals surface area contributed by atoms with Gasteiger partial charge in [-0.25, -0.2) is 0 Å². The van der Waals surface area contributed by atoms with Gasteiger partial charge in [-0.3, -0.25) is 4.79 Å². The van der Waals surface area contributed by atoms with Crippen LogP contribution in [-0.2, 0) is 9.53 Å². The van der Waals surface area contributed by atoms with Gasteiger partial charge in [0.1, 0.15) is 6.10 Å². The molecule has 0 bridgehead atoms. The molecule has 1 fully saturated rings. The number of hydrogen-bond acceptors (Lipinski definition) is 4. The number of carbonyl (C=O) groups is 1. The molecule has 0 aromatic carbocycles. The Balaban J connectivity index is 2.03. The first kappa shape index (κ1) is 14.5. The second kappa shape index (κ2) is 6.50. The average molecular weight is 282 g/mol. The molecule has 2 rings (SSSR count). The van der Waals surface area contributed by atoms with Gasteiger partial charge < -0.3 is 15.4 Å². The molecule has 0 radical (unpaired) electrons. The molecular weight excluding hydrogens is 260 g/mol. The summed E-state index contributed by atoms with van der Waals surface area (Å²) in [6.45, 7) is 5.29. The van der Waals surface area contributed by atoms with Gasteiger partial charge in [0, 0.05) is 6.54 Å². The number of nitrogens with two attached hydrogens (primary N) is 1. The highest BCUT2D eigenvalue weighted by molar-refractivity contribution is 7.07. The summed E-state index contributed by atoms with van der Waals surface area (Å²) >= 11 is 1.65. The third kappa shape index (κ3) is 3.55. The van der Waals surface area contributed by atoms with Gasteiger partial charge in [-0.2, -0.15) is 11.3 Å². The van der Waals surface area contributed by atoms with Gasteiger partial charge in [-0.15, -0.1) is 0 Å². The Hall–Kier alpha value is -0.910. The highest BCUT2D eigenvalue weighted by Crippen LogP contribution is 2.27. The molecule has 2 heterocycles. The molecule has 3 unspecified atom stereocenters. The fourth-order valence-corrected chi connectivity index (χ4v) is 3.14. The third-order valence-electron chi connectivity index (χ3n) is 3.40. The van der Waals surface area contributed by atoms with E-state index in [2.05, 4.69) is 11.4 Å². The molecule has 1 amide bonds. The molecule has 2 N–H and O–H groups in total. The first-order valence-corrected chi connectivity index (χ1v) is 7.78. The summed E-state index contributed by atoms with van der Waals surface area (Å²) in [5, 5.41) is 4.12. The lowest BCUT2D eigenvalue weighted by molar-refractivity contribution is -0.146. The van der Waals surface area contributed by atoms with Crippen LogP contribution in [0, 0.1) is 0 Å². The number of ether oxygens (including phenoxy) is 1. The third-order valence-corrected chi connectivity index (χ3v) is 4.11. The maximum atomic E-state index is 12.3. The average Bonchev–Trinajstić information content (AvgIpc) is 2.91. The zero-order valence-corrected chi connectivity index (χ0v) is 12.4. The number of nitrogens with zero attached hydrogens (tertiary/aromatic N) is 1. The molecule has 1 aliphatic heterocycles. The molecule has 0 spiro atoms. The minimum absolute atomic E-state index is 0.0206. The second-order valence-electron chi connectivity index (χ2n) is 5.13. The lowest BCUT2D eigenvalue weighted by Crippen LogP contribution is -2.51. The van der Waals surface area contributed by atoms with Gasteiger partial charge in [-0.1, -0.05) is 13.3 Å². The summed E-state index contributed by atoms with van der Waals surface area (Å²) in [5.41, 5.74) is 7.09. The van der Waals surface area contributed by atoms with E-state index in [1.165, 1.54) is 0 Å². The maximum absolute atomic E-state index is 12.3. The smallest absolute Gasteiger partial charge is 0.239 e. The van der Waals surface area contributed by atoms with Crippen LogP contribution in [0.15, 0.2) is 16.8 Å². The zero-order valence-electron chi connectivity index (χ0n) is 11.5. The van der Waals surface area contributed by atoms with Crippen molar-refractivity contribution < 1.29 is 9.53 Å². The molecule has 5 heteroatoms. The van der Waals surface area contributed by atoms with Crippen LogP contribution < -0.4 is 5.73 Å². The quantitative estimate of drug-likeness (QED) is 0.920. The number of rotatable bonds is 4. The van der Waals surface area contributed by atoms with Crippen LogP contribution in [0.5, 0.6) is 0 Å². The molecule has 1 aromatic heterocycles. The Morgan fingerprint density at radius 2 is 2.42 bits per heavy atom. The number of carbonyl (C=O) groups excluding carboxylic acids is 1. The topological polar surface area (TPSA) is 55.6 Å². The largest absolute Gasteiger partial charge is 0.367 e. The molecular formula is C14H22N2O2S. The molecule has 1 aromatic rings. The van der Waals surface area contributed by atoms with E-state index in [1.54, 1.807) is 11.3 Å². The van der Waals surface area contributed by atoms with Crippen molar-refractivity contribution >= 4 is 17.2 Å². The number of hydrogen-bond donors (Lipinski definition) is 1. The van der Waals surface area contributed by atoms with E-state index in [9.17, 15) is 4.79 Å². The summed E-state index contributed by atoms with van der Waals surface area (Å²) in [5.74, 6) is 0.0530. The Morgan fingerprint density at radius 3 is 3.05 bits per heavy atom. The van der Waals surface area contributed by atoms with E-state index in [1.807, 2.05) is 24.1 Å². The predicted molar refractivity (Wildman–Crippen MR) is 77.1 cm³/mol. The molecule has 1 aliphatic rings. The van der Waals surface area contributed by atoms with Crippen LogP contribution in [0.4, 0.5) is 0 Å². The fourth-order valence-electron chi connectivity index (χ4n) is 2.44. The van der Waals surface area contributed by atoms with Crippen LogP contribution in [0.1, 0.15) is 38.4 Å². The summed E-state index contributed by atoms with van der Waals surface area (Å²) in [7, 11) is 0. The number of amides is 1. The van der Waals surface area contributed by atoms with Gasteiger partial charge in [0.15, 0.2) is 0 Å². The van der Waals surface area contributed by atoms with Crippen molar-refractivity contribution in [2.75, 3.05) is 13.1 Å². The summed E-state index contributed by atoms with van der Waals surface area (Å²) in [6.07, 6.45) is 1.71. The zero-order chi connectivity index (χ0) is 13.8. The standard InChI is InChI=1S/C14H22N2O2S/c1-3-4-12(15)14(17)16-7-10(2)18-13(8-16)11-5-6-19-9-11/h5-6,9-10,12-13H,3-4,7-8,15H2,1-2H3. The van der Waals surface area contributed by atoms with Gasteiger partial charge in [0.05, 0.1) is 18.7 Å².